The lowest BCUT2D eigenvalue weighted by molar-refractivity contribution is 0.0698. The highest BCUT2D eigenvalue weighted by Gasteiger charge is 2.46. The first-order valence-corrected chi connectivity index (χ1v) is 7.55. The number of hydrogen-bond acceptors (Lipinski definition) is 6. The molecule has 4 unspecified atom stereocenters. The second kappa shape index (κ2) is 5.84. The number of ether oxygens (including phenoxy) is 2. The van der Waals surface area contributed by atoms with Gasteiger partial charge >= 0.3 is 0 Å². The van der Waals surface area contributed by atoms with Crippen LogP contribution in [0.2, 0.25) is 0 Å². The molecule has 7 heteroatoms. The topological polar surface area (TPSA) is 82.3 Å². The van der Waals surface area contributed by atoms with Gasteiger partial charge in [-0.25, -0.2) is 14.4 Å². The molecule has 0 bridgehead atoms. The van der Waals surface area contributed by atoms with Crippen molar-refractivity contribution in [3.8, 4) is 11.3 Å². The van der Waals surface area contributed by atoms with Gasteiger partial charge in [0.1, 0.15) is 18.0 Å². The van der Waals surface area contributed by atoms with Crippen molar-refractivity contribution in [2.24, 2.45) is 5.73 Å². The lowest BCUT2D eigenvalue weighted by atomic mass is 10.1. The fourth-order valence-corrected chi connectivity index (χ4v) is 3.06. The van der Waals surface area contributed by atoms with Gasteiger partial charge in [-0.15, -0.1) is 0 Å². The number of aromatic nitrogens is 2. The van der Waals surface area contributed by atoms with Crippen molar-refractivity contribution in [1.82, 2.24) is 9.97 Å². The van der Waals surface area contributed by atoms with Gasteiger partial charge in [-0.05, 0) is 18.2 Å². The number of anilines is 1. The number of nitrogens with two attached hydrogens (primary N) is 1. The number of benzene rings is 1. The fourth-order valence-electron chi connectivity index (χ4n) is 3.06. The van der Waals surface area contributed by atoms with E-state index in [4.69, 9.17) is 15.2 Å². The van der Waals surface area contributed by atoms with Crippen LogP contribution in [0.4, 0.5) is 10.3 Å². The molecule has 2 aromatic rings. The van der Waals surface area contributed by atoms with Gasteiger partial charge in [0, 0.05) is 11.8 Å². The Bertz CT molecular complexity index is 714. The Morgan fingerprint density at radius 1 is 1.17 bits per heavy atom. The molecule has 120 valence electrons. The summed E-state index contributed by atoms with van der Waals surface area (Å²) < 4.78 is 24.7. The summed E-state index contributed by atoms with van der Waals surface area (Å²) in [7, 11) is 0. The standard InChI is InChI=1S/C16H17FN4O2/c17-10-3-1-2-9(6-10)12-4-5-19-16(20-12)21-13-8-23-14-11(18)7-22-15(13)14/h1-6,11,13-15H,7-8,18H2,(H,19,20,21). The molecule has 1 aromatic carbocycles. The van der Waals surface area contributed by atoms with E-state index in [9.17, 15) is 4.39 Å². The molecule has 2 aliphatic heterocycles. The smallest absolute Gasteiger partial charge is 0.223 e. The summed E-state index contributed by atoms with van der Waals surface area (Å²) in [5.74, 6) is 0.168. The molecule has 2 aliphatic rings. The molecular formula is C16H17FN4O2. The van der Waals surface area contributed by atoms with E-state index in [1.165, 1.54) is 12.1 Å². The third kappa shape index (κ3) is 2.78. The van der Waals surface area contributed by atoms with Gasteiger partial charge in [-0.2, -0.15) is 0 Å². The van der Waals surface area contributed by atoms with E-state index in [-0.39, 0.29) is 30.1 Å². The molecule has 0 saturated carbocycles. The van der Waals surface area contributed by atoms with Crippen LogP contribution in [0.15, 0.2) is 36.5 Å². The highest BCUT2D eigenvalue weighted by molar-refractivity contribution is 5.59. The van der Waals surface area contributed by atoms with Crippen LogP contribution in [-0.4, -0.2) is 47.5 Å². The highest BCUT2D eigenvalue weighted by atomic mass is 19.1. The van der Waals surface area contributed by atoms with Crippen molar-refractivity contribution in [2.75, 3.05) is 18.5 Å². The van der Waals surface area contributed by atoms with E-state index in [1.807, 2.05) is 6.07 Å². The SMILES string of the molecule is NC1COC2C(Nc3nccc(-c4cccc(F)c4)n3)COC12. The first-order chi connectivity index (χ1) is 11.2. The van der Waals surface area contributed by atoms with Gasteiger partial charge in [0.15, 0.2) is 0 Å². The molecule has 4 rings (SSSR count). The summed E-state index contributed by atoms with van der Waals surface area (Å²) in [6.45, 7) is 0.994. The zero-order valence-corrected chi connectivity index (χ0v) is 12.4. The molecule has 1 aromatic heterocycles. The van der Waals surface area contributed by atoms with Gasteiger partial charge in [-0.1, -0.05) is 12.1 Å². The minimum absolute atomic E-state index is 0.0451. The first kappa shape index (κ1) is 14.5. The van der Waals surface area contributed by atoms with Crippen LogP contribution in [0.5, 0.6) is 0 Å². The summed E-state index contributed by atoms with van der Waals surface area (Å²) in [6, 6.07) is 7.92. The number of halogens is 1. The average Bonchev–Trinajstić information content (AvgIpc) is 3.12. The van der Waals surface area contributed by atoms with Gasteiger partial charge < -0.3 is 20.5 Å². The van der Waals surface area contributed by atoms with Gasteiger partial charge in [0.05, 0.1) is 31.0 Å². The monoisotopic (exact) mass is 316 g/mol. The van der Waals surface area contributed by atoms with Crippen molar-refractivity contribution in [1.29, 1.82) is 0 Å². The largest absolute Gasteiger partial charge is 0.371 e. The zero-order chi connectivity index (χ0) is 15.8. The summed E-state index contributed by atoms with van der Waals surface area (Å²) in [4.78, 5) is 8.68. The van der Waals surface area contributed by atoms with Crippen LogP contribution >= 0.6 is 0 Å². The van der Waals surface area contributed by atoms with Crippen molar-refractivity contribution in [2.45, 2.75) is 24.3 Å². The van der Waals surface area contributed by atoms with Crippen LogP contribution in [0, 0.1) is 5.82 Å². The van der Waals surface area contributed by atoms with Crippen molar-refractivity contribution < 1.29 is 13.9 Å². The number of rotatable bonds is 3. The van der Waals surface area contributed by atoms with E-state index in [0.717, 1.165) is 0 Å². The van der Waals surface area contributed by atoms with E-state index in [0.29, 0.717) is 30.4 Å². The van der Waals surface area contributed by atoms with E-state index in [2.05, 4.69) is 15.3 Å². The van der Waals surface area contributed by atoms with E-state index in [1.54, 1.807) is 18.3 Å². The number of nitrogens with zero attached hydrogens (tertiary/aromatic N) is 2. The molecule has 0 spiro atoms. The summed E-state index contributed by atoms with van der Waals surface area (Å²) >= 11 is 0. The maximum atomic E-state index is 13.4. The second-order valence-electron chi connectivity index (χ2n) is 5.79. The van der Waals surface area contributed by atoms with Crippen LogP contribution in [0.3, 0.4) is 0 Å². The molecular weight excluding hydrogens is 299 g/mol. The Labute approximate surface area is 132 Å². The Morgan fingerprint density at radius 2 is 2.04 bits per heavy atom. The third-order valence-electron chi connectivity index (χ3n) is 4.18. The predicted octanol–water partition coefficient (Wildman–Crippen LogP) is 1.19. The summed E-state index contributed by atoms with van der Waals surface area (Å²) in [6.07, 6.45) is 1.47. The normalized spacial score (nSPS) is 29.5. The van der Waals surface area contributed by atoms with Crippen molar-refractivity contribution >= 4 is 5.95 Å². The minimum atomic E-state index is -0.295. The van der Waals surface area contributed by atoms with Crippen LogP contribution in [-0.2, 0) is 9.47 Å². The van der Waals surface area contributed by atoms with Crippen LogP contribution in [0.25, 0.3) is 11.3 Å². The zero-order valence-electron chi connectivity index (χ0n) is 12.4. The molecule has 0 aliphatic carbocycles. The molecule has 3 heterocycles. The minimum Gasteiger partial charge on any atom is -0.371 e. The number of nitrogens with one attached hydrogen (secondary N) is 1. The van der Waals surface area contributed by atoms with Crippen LogP contribution in [0.1, 0.15) is 0 Å². The highest BCUT2D eigenvalue weighted by Crippen LogP contribution is 2.28. The second-order valence-corrected chi connectivity index (χ2v) is 5.79. The number of fused-ring (bicyclic) bond motifs is 1. The van der Waals surface area contributed by atoms with Gasteiger partial charge in [-0.3, -0.25) is 0 Å². The Hall–Kier alpha value is -2.09. The molecule has 6 nitrogen and oxygen atoms in total. The average molecular weight is 316 g/mol. The Kier molecular flexibility index (Phi) is 3.68. The van der Waals surface area contributed by atoms with Gasteiger partial charge in [0.2, 0.25) is 5.95 Å². The third-order valence-corrected chi connectivity index (χ3v) is 4.18. The lowest BCUT2D eigenvalue weighted by Crippen LogP contribution is -2.39. The molecule has 23 heavy (non-hydrogen) atoms. The van der Waals surface area contributed by atoms with Gasteiger partial charge in [0.25, 0.3) is 0 Å². The number of hydrogen-bond donors (Lipinski definition) is 2. The molecule has 0 amide bonds. The Morgan fingerprint density at radius 3 is 2.91 bits per heavy atom. The first-order valence-electron chi connectivity index (χ1n) is 7.55. The maximum absolute atomic E-state index is 13.4. The summed E-state index contributed by atoms with van der Waals surface area (Å²) in [5, 5.41) is 3.24. The molecule has 2 fully saturated rings. The quantitative estimate of drug-likeness (QED) is 0.885. The van der Waals surface area contributed by atoms with Crippen molar-refractivity contribution in [3.63, 3.8) is 0 Å². The molecule has 3 N–H and O–H groups in total. The predicted molar refractivity (Wildman–Crippen MR) is 82.3 cm³/mol. The van der Waals surface area contributed by atoms with Crippen molar-refractivity contribution in [3.05, 3.63) is 42.3 Å². The summed E-state index contributed by atoms with van der Waals surface area (Å²) in [5.41, 5.74) is 7.30. The molecule has 0 radical (unpaired) electrons. The van der Waals surface area contributed by atoms with E-state index < -0.39 is 0 Å². The molecule has 4 atom stereocenters. The van der Waals surface area contributed by atoms with E-state index >= 15 is 0 Å². The van der Waals surface area contributed by atoms with Crippen LogP contribution < -0.4 is 11.1 Å². The maximum Gasteiger partial charge on any atom is 0.223 e. The molecule has 2 saturated heterocycles. The lowest BCUT2D eigenvalue weighted by Gasteiger charge is -2.17. The Balaban J connectivity index is 1.53. The fraction of sp³-hybridized carbons (Fsp3) is 0.375.